The molecule has 0 unspecified atom stereocenters. The first kappa shape index (κ1) is 8.68. The quantitative estimate of drug-likeness (QED) is 0.772. The Morgan fingerprint density at radius 1 is 1.21 bits per heavy atom. The van der Waals surface area contributed by atoms with Crippen LogP contribution in [-0.2, 0) is 0 Å². The zero-order chi connectivity index (χ0) is 9.97. The average Bonchev–Trinajstić information content (AvgIpc) is 2.64. The van der Waals surface area contributed by atoms with E-state index in [2.05, 4.69) is 15.5 Å². The zero-order valence-electron chi connectivity index (χ0n) is 7.09. The number of nitrogens with one attached hydrogen (secondary N) is 2. The first-order valence-electron chi connectivity index (χ1n) is 3.97. The molecule has 72 valence electrons. The SMILES string of the molecule is Fc1cccc(F)c1Nc1cn[nH]c1. The number of aromatic nitrogens is 2. The number of rotatable bonds is 2. The van der Waals surface area contributed by atoms with Crippen LogP contribution in [0.5, 0.6) is 0 Å². The van der Waals surface area contributed by atoms with Crippen LogP contribution in [0.15, 0.2) is 30.6 Å². The van der Waals surface area contributed by atoms with E-state index in [0.29, 0.717) is 5.69 Å². The molecule has 0 fully saturated rings. The van der Waals surface area contributed by atoms with Crippen molar-refractivity contribution in [1.29, 1.82) is 0 Å². The monoisotopic (exact) mass is 195 g/mol. The van der Waals surface area contributed by atoms with E-state index in [1.807, 2.05) is 0 Å². The lowest BCUT2D eigenvalue weighted by molar-refractivity contribution is 0.591. The highest BCUT2D eigenvalue weighted by atomic mass is 19.1. The molecular formula is C9H7F2N3. The van der Waals surface area contributed by atoms with Gasteiger partial charge < -0.3 is 5.32 Å². The predicted molar refractivity (Wildman–Crippen MR) is 48.2 cm³/mol. The maximum atomic E-state index is 13.1. The molecule has 2 N–H and O–H groups in total. The second kappa shape index (κ2) is 3.45. The van der Waals surface area contributed by atoms with Crippen LogP contribution in [0.25, 0.3) is 0 Å². The van der Waals surface area contributed by atoms with E-state index in [9.17, 15) is 8.78 Å². The third-order valence-corrected chi connectivity index (χ3v) is 1.73. The minimum absolute atomic E-state index is 0.172. The molecule has 1 heterocycles. The van der Waals surface area contributed by atoms with Gasteiger partial charge in [-0.25, -0.2) is 8.78 Å². The van der Waals surface area contributed by atoms with Gasteiger partial charge in [-0.3, -0.25) is 5.10 Å². The Bertz CT molecular complexity index is 405. The van der Waals surface area contributed by atoms with Gasteiger partial charge in [0.05, 0.1) is 11.9 Å². The molecule has 0 aliphatic heterocycles. The molecule has 0 saturated carbocycles. The summed E-state index contributed by atoms with van der Waals surface area (Å²) >= 11 is 0. The minimum Gasteiger partial charge on any atom is -0.348 e. The van der Waals surface area contributed by atoms with Crippen molar-refractivity contribution < 1.29 is 8.78 Å². The summed E-state index contributed by atoms with van der Waals surface area (Å²) in [5.41, 5.74) is 0.336. The number of H-pyrrole nitrogens is 1. The van der Waals surface area contributed by atoms with Gasteiger partial charge in [0.2, 0.25) is 0 Å². The highest BCUT2D eigenvalue weighted by Crippen LogP contribution is 2.21. The number of hydrogen-bond donors (Lipinski definition) is 2. The molecule has 0 spiro atoms. The second-order valence-corrected chi connectivity index (χ2v) is 2.71. The summed E-state index contributed by atoms with van der Waals surface area (Å²) in [6.07, 6.45) is 2.94. The summed E-state index contributed by atoms with van der Waals surface area (Å²) in [5, 5.41) is 8.75. The third kappa shape index (κ3) is 1.56. The summed E-state index contributed by atoms with van der Waals surface area (Å²) in [6.45, 7) is 0. The van der Waals surface area contributed by atoms with Crippen LogP contribution in [0.3, 0.4) is 0 Å². The minimum atomic E-state index is -0.633. The molecule has 1 aromatic carbocycles. The van der Waals surface area contributed by atoms with E-state index in [4.69, 9.17) is 0 Å². The van der Waals surface area contributed by atoms with Crippen LogP contribution in [0.1, 0.15) is 0 Å². The van der Waals surface area contributed by atoms with Crippen molar-refractivity contribution in [3.05, 3.63) is 42.2 Å². The van der Waals surface area contributed by atoms with Crippen LogP contribution in [0, 0.1) is 11.6 Å². The fourth-order valence-electron chi connectivity index (χ4n) is 1.08. The zero-order valence-corrected chi connectivity index (χ0v) is 7.09. The van der Waals surface area contributed by atoms with Gasteiger partial charge in [0.15, 0.2) is 0 Å². The second-order valence-electron chi connectivity index (χ2n) is 2.71. The van der Waals surface area contributed by atoms with E-state index in [1.165, 1.54) is 30.6 Å². The van der Waals surface area contributed by atoms with Gasteiger partial charge in [-0.15, -0.1) is 0 Å². The van der Waals surface area contributed by atoms with Crippen molar-refractivity contribution in [2.24, 2.45) is 0 Å². The van der Waals surface area contributed by atoms with E-state index in [1.54, 1.807) is 0 Å². The first-order chi connectivity index (χ1) is 6.77. The molecule has 0 atom stereocenters. The molecule has 0 aliphatic rings. The fourth-order valence-corrected chi connectivity index (χ4v) is 1.08. The lowest BCUT2D eigenvalue weighted by atomic mass is 10.3. The molecule has 14 heavy (non-hydrogen) atoms. The normalized spacial score (nSPS) is 10.1. The van der Waals surface area contributed by atoms with E-state index in [0.717, 1.165) is 0 Å². The Hall–Kier alpha value is -1.91. The molecule has 0 aliphatic carbocycles. The van der Waals surface area contributed by atoms with Gasteiger partial charge in [-0.2, -0.15) is 5.10 Å². The molecule has 0 saturated heterocycles. The van der Waals surface area contributed by atoms with Gasteiger partial charge in [0, 0.05) is 6.20 Å². The van der Waals surface area contributed by atoms with E-state index < -0.39 is 11.6 Å². The number of aromatic amines is 1. The summed E-state index contributed by atoms with van der Waals surface area (Å²) in [6, 6.07) is 3.68. The summed E-state index contributed by atoms with van der Waals surface area (Å²) in [7, 11) is 0. The van der Waals surface area contributed by atoms with Crippen molar-refractivity contribution >= 4 is 11.4 Å². The molecule has 1 aromatic heterocycles. The van der Waals surface area contributed by atoms with Crippen molar-refractivity contribution in [2.75, 3.05) is 5.32 Å². The smallest absolute Gasteiger partial charge is 0.149 e. The Labute approximate surface area is 78.8 Å². The molecule has 2 rings (SSSR count). The van der Waals surface area contributed by atoms with Crippen LogP contribution < -0.4 is 5.32 Å². The summed E-state index contributed by atoms with van der Waals surface area (Å²) < 4.78 is 26.2. The number of para-hydroxylation sites is 1. The van der Waals surface area contributed by atoms with Crippen molar-refractivity contribution in [2.45, 2.75) is 0 Å². The van der Waals surface area contributed by atoms with Crippen LogP contribution >= 0.6 is 0 Å². The highest BCUT2D eigenvalue weighted by molar-refractivity contribution is 5.59. The lowest BCUT2D eigenvalue weighted by Gasteiger charge is -2.05. The lowest BCUT2D eigenvalue weighted by Crippen LogP contribution is -1.95. The molecule has 0 bridgehead atoms. The first-order valence-corrected chi connectivity index (χ1v) is 3.97. The molecular weight excluding hydrogens is 188 g/mol. The van der Waals surface area contributed by atoms with Gasteiger partial charge in [0.25, 0.3) is 0 Å². The number of nitrogens with zero attached hydrogens (tertiary/aromatic N) is 1. The van der Waals surface area contributed by atoms with Crippen molar-refractivity contribution in [3.63, 3.8) is 0 Å². The maximum Gasteiger partial charge on any atom is 0.149 e. The van der Waals surface area contributed by atoms with Gasteiger partial charge in [0.1, 0.15) is 17.3 Å². The molecule has 2 aromatic rings. The molecule has 5 heteroatoms. The topological polar surface area (TPSA) is 40.7 Å². The Morgan fingerprint density at radius 2 is 1.93 bits per heavy atom. The van der Waals surface area contributed by atoms with Crippen LogP contribution in [-0.4, -0.2) is 10.2 Å². The van der Waals surface area contributed by atoms with Gasteiger partial charge >= 0.3 is 0 Å². The maximum absolute atomic E-state index is 13.1. The Balaban J connectivity index is 2.33. The average molecular weight is 195 g/mol. The molecule has 0 amide bonds. The predicted octanol–water partition coefficient (Wildman–Crippen LogP) is 2.43. The van der Waals surface area contributed by atoms with E-state index >= 15 is 0 Å². The fraction of sp³-hybridized carbons (Fsp3) is 0. The highest BCUT2D eigenvalue weighted by Gasteiger charge is 2.08. The number of benzene rings is 1. The van der Waals surface area contributed by atoms with Crippen LogP contribution in [0.4, 0.5) is 20.2 Å². The number of hydrogen-bond acceptors (Lipinski definition) is 2. The standard InChI is InChI=1S/C9H7F2N3/c10-7-2-1-3-8(11)9(7)14-6-4-12-13-5-6/h1-5,14H,(H,12,13). The number of halogens is 2. The van der Waals surface area contributed by atoms with Crippen molar-refractivity contribution in [3.8, 4) is 0 Å². The number of anilines is 2. The summed E-state index contributed by atoms with van der Waals surface area (Å²) in [4.78, 5) is 0. The Kier molecular flexibility index (Phi) is 2.14. The third-order valence-electron chi connectivity index (χ3n) is 1.73. The largest absolute Gasteiger partial charge is 0.348 e. The summed E-state index contributed by atoms with van der Waals surface area (Å²) in [5.74, 6) is -1.27. The van der Waals surface area contributed by atoms with Crippen LogP contribution in [0.2, 0.25) is 0 Å². The van der Waals surface area contributed by atoms with E-state index in [-0.39, 0.29) is 5.69 Å². The Morgan fingerprint density at radius 3 is 2.50 bits per heavy atom. The van der Waals surface area contributed by atoms with Gasteiger partial charge in [-0.05, 0) is 12.1 Å². The molecule has 3 nitrogen and oxygen atoms in total. The van der Waals surface area contributed by atoms with Crippen molar-refractivity contribution in [1.82, 2.24) is 10.2 Å². The molecule has 0 radical (unpaired) electrons. The van der Waals surface area contributed by atoms with Gasteiger partial charge in [-0.1, -0.05) is 6.07 Å².